The Labute approximate surface area is 198 Å². The number of phenols is 1. The summed E-state index contributed by atoms with van der Waals surface area (Å²) < 4.78 is 22.4. The number of methoxy groups -OCH3 is 2. The first-order valence-corrected chi connectivity index (χ1v) is 10.7. The standard InChI is InChI=1S/C27H20O8/c1-32-19-9-8-15(10-20(19)33-2)17-13-34-27-23-16(11-22(29)30)26(14-6-4-3-5-7-14)35-21(23)12-18(28)24(27)25(17)31/h3-10,12-13,28H,11H2,1-2H3,(H,29,30). The van der Waals surface area contributed by atoms with E-state index in [-0.39, 0.29) is 34.3 Å². The first kappa shape index (κ1) is 22.1. The van der Waals surface area contributed by atoms with Crippen molar-refractivity contribution in [2.45, 2.75) is 6.42 Å². The van der Waals surface area contributed by atoms with Crippen molar-refractivity contribution in [1.29, 1.82) is 0 Å². The van der Waals surface area contributed by atoms with Gasteiger partial charge in [0.25, 0.3) is 0 Å². The third kappa shape index (κ3) is 3.65. The number of fused-ring (bicyclic) bond motifs is 3. The van der Waals surface area contributed by atoms with Crippen LogP contribution in [0.1, 0.15) is 5.56 Å². The number of hydrogen-bond donors (Lipinski definition) is 2. The minimum absolute atomic E-state index is 0.0522. The normalized spacial score (nSPS) is 11.1. The number of hydrogen-bond acceptors (Lipinski definition) is 7. The molecule has 8 heteroatoms. The maximum Gasteiger partial charge on any atom is 0.307 e. The third-order valence-electron chi connectivity index (χ3n) is 5.84. The SMILES string of the molecule is COc1ccc(-c2coc3c(c(O)cc4oc(-c5ccccc5)c(CC(=O)O)c43)c2=O)cc1OC. The molecule has 2 N–H and O–H groups in total. The molecule has 0 fully saturated rings. The van der Waals surface area contributed by atoms with Crippen molar-refractivity contribution in [1.82, 2.24) is 0 Å². The van der Waals surface area contributed by atoms with E-state index in [0.717, 1.165) is 0 Å². The van der Waals surface area contributed by atoms with Gasteiger partial charge in [-0.15, -0.1) is 0 Å². The van der Waals surface area contributed by atoms with Crippen molar-refractivity contribution >= 4 is 27.9 Å². The van der Waals surface area contributed by atoms with Crippen molar-refractivity contribution in [3.63, 3.8) is 0 Å². The summed E-state index contributed by atoms with van der Waals surface area (Å²) in [5, 5.41) is 20.6. The molecule has 5 aromatic rings. The predicted octanol–water partition coefficient (Wildman–Crippen LogP) is 5.22. The summed E-state index contributed by atoms with van der Waals surface area (Å²) in [5.41, 5.74) is 1.49. The van der Waals surface area contributed by atoms with E-state index in [1.54, 1.807) is 42.5 Å². The maximum atomic E-state index is 13.5. The molecule has 0 radical (unpaired) electrons. The number of furan rings is 1. The minimum atomic E-state index is -1.07. The van der Waals surface area contributed by atoms with Crippen molar-refractivity contribution in [2.75, 3.05) is 14.2 Å². The Balaban J connectivity index is 1.81. The zero-order chi connectivity index (χ0) is 24.7. The van der Waals surface area contributed by atoms with E-state index in [4.69, 9.17) is 18.3 Å². The second kappa shape index (κ2) is 8.57. The summed E-state index contributed by atoms with van der Waals surface area (Å²) in [6.45, 7) is 0. The Hall–Kier alpha value is -4.72. The van der Waals surface area contributed by atoms with Crippen LogP contribution in [0.25, 0.3) is 44.4 Å². The first-order chi connectivity index (χ1) is 16.9. The lowest BCUT2D eigenvalue weighted by Crippen LogP contribution is -2.06. The van der Waals surface area contributed by atoms with Gasteiger partial charge in [-0.05, 0) is 17.7 Å². The van der Waals surface area contributed by atoms with E-state index in [0.29, 0.717) is 39.3 Å². The van der Waals surface area contributed by atoms with Crippen LogP contribution in [0, 0.1) is 0 Å². The van der Waals surface area contributed by atoms with Gasteiger partial charge >= 0.3 is 5.97 Å². The summed E-state index contributed by atoms with van der Waals surface area (Å²) >= 11 is 0. The first-order valence-electron chi connectivity index (χ1n) is 10.7. The van der Waals surface area contributed by atoms with E-state index in [9.17, 15) is 19.8 Å². The Kier molecular flexibility index (Phi) is 5.41. The van der Waals surface area contributed by atoms with Gasteiger partial charge < -0.3 is 28.5 Å². The molecule has 0 unspecified atom stereocenters. The largest absolute Gasteiger partial charge is 0.507 e. The number of benzene rings is 3. The van der Waals surface area contributed by atoms with Crippen molar-refractivity contribution < 1.29 is 33.3 Å². The summed E-state index contributed by atoms with van der Waals surface area (Å²) in [6.07, 6.45) is 0.919. The van der Waals surface area contributed by atoms with Crippen LogP contribution in [0.15, 0.2) is 74.5 Å². The van der Waals surface area contributed by atoms with Crippen LogP contribution in [0.2, 0.25) is 0 Å². The molecule has 0 aliphatic heterocycles. The van der Waals surface area contributed by atoms with E-state index < -0.39 is 11.4 Å². The quantitative estimate of drug-likeness (QED) is 0.345. The van der Waals surface area contributed by atoms with Crippen LogP contribution in [0.4, 0.5) is 0 Å². The fourth-order valence-electron chi connectivity index (χ4n) is 4.26. The average Bonchev–Trinajstić information content (AvgIpc) is 3.21. The number of carboxylic acids is 1. The maximum absolute atomic E-state index is 13.5. The Morgan fingerprint density at radius 3 is 2.37 bits per heavy atom. The smallest absolute Gasteiger partial charge is 0.307 e. The monoisotopic (exact) mass is 472 g/mol. The molecule has 35 heavy (non-hydrogen) atoms. The van der Waals surface area contributed by atoms with Gasteiger partial charge in [-0.1, -0.05) is 36.4 Å². The molecular weight excluding hydrogens is 452 g/mol. The van der Waals surface area contributed by atoms with Crippen LogP contribution in [0.3, 0.4) is 0 Å². The van der Waals surface area contributed by atoms with Gasteiger partial charge in [-0.25, -0.2) is 0 Å². The van der Waals surface area contributed by atoms with Gasteiger partial charge in [0.05, 0.1) is 31.6 Å². The van der Waals surface area contributed by atoms with Gasteiger partial charge in [0.15, 0.2) is 17.1 Å². The van der Waals surface area contributed by atoms with Gasteiger partial charge in [0.1, 0.15) is 28.7 Å². The van der Waals surface area contributed by atoms with Gasteiger partial charge in [-0.2, -0.15) is 0 Å². The van der Waals surface area contributed by atoms with Gasteiger partial charge in [0.2, 0.25) is 5.43 Å². The van der Waals surface area contributed by atoms with E-state index in [1.165, 1.54) is 26.5 Å². The lowest BCUT2D eigenvalue weighted by atomic mass is 9.99. The molecule has 2 aromatic heterocycles. The lowest BCUT2D eigenvalue weighted by molar-refractivity contribution is -0.136. The molecule has 0 saturated carbocycles. The fourth-order valence-corrected chi connectivity index (χ4v) is 4.26. The summed E-state index contributed by atoms with van der Waals surface area (Å²) in [4.78, 5) is 25.2. The van der Waals surface area contributed by atoms with Crippen molar-refractivity contribution in [3.05, 3.63) is 76.6 Å². The molecular formula is C27H20O8. The zero-order valence-electron chi connectivity index (χ0n) is 18.8. The molecule has 0 aliphatic rings. The summed E-state index contributed by atoms with van der Waals surface area (Å²) in [6, 6.07) is 15.3. The molecule has 0 aliphatic carbocycles. The number of carboxylic acid groups (broad SMARTS) is 1. The summed E-state index contributed by atoms with van der Waals surface area (Å²) in [7, 11) is 2.99. The number of phenolic OH excluding ortho intramolecular Hbond substituents is 1. The highest BCUT2D eigenvalue weighted by atomic mass is 16.5. The van der Waals surface area contributed by atoms with Crippen LogP contribution in [-0.4, -0.2) is 30.4 Å². The molecule has 0 saturated heterocycles. The van der Waals surface area contributed by atoms with Crippen LogP contribution >= 0.6 is 0 Å². The molecule has 8 nitrogen and oxygen atoms in total. The second-order valence-corrected chi connectivity index (χ2v) is 7.87. The third-order valence-corrected chi connectivity index (χ3v) is 5.84. The molecule has 176 valence electrons. The fraction of sp³-hybridized carbons (Fsp3) is 0.111. The van der Waals surface area contributed by atoms with Crippen molar-refractivity contribution in [2.24, 2.45) is 0 Å². The average molecular weight is 472 g/mol. The number of carbonyl (C=O) groups is 1. The number of ether oxygens (including phenoxy) is 2. The molecule has 2 heterocycles. The highest BCUT2D eigenvalue weighted by molar-refractivity contribution is 6.10. The molecule has 0 bridgehead atoms. The van der Waals surface area contributed by atoms with E-state index in [2.05, 4.69) is 0 Å². The molecule has 5 rings (SSSR count). The number of aliphatic carboxylic acids is 1. The predicted molar refractivity (Wildman–Crippen MR) is 129 cm³/mol. The lowest BCUT2D eigenvalue weighted by Gasteiger charge is -2.10. The molecule has 3 aromatic carbocycles. The van der Waals surface area contributed by atoms with Crippen LogP contribution < -0.4 is 14.9 Å². The highest BCUT2D eigenvalue weighted by Crippen LogP contribution is 2.41. The number of aromatic hydroxyl groups is 1. The minimum Gasteiger partial charge on any atom is -0.507 e. The van der Waals surface area contributed by atoms with E-state index in [1.807, 2.05) is 6.07 Å². The summed E-state index contributed by atoms with van der Waals surface area (Å²) in [5.74, 6) is -0.151. The topological polar surface area (TPSA) is 119 Å². The van der Waals surface area contributed by atoms with Crippen LogP contribution in [-0.2, 0) is 11.2 Å². The zero-order valence-corrected chi connectivity index (χ0v) is 18.8. The Morgan fingerprint density at radius 2 is 1.69 bits per heavy atom. The number of rotatable bonds is 6. The van der Waals surface area contributed by atoms with Crippen LogP contribution in [0.5, 0.6) is 17.2 Å². The Bertz CT molecular complexity index is 1640. The highest BCUT2D eigenvalue weighted by Gasteiger charge is 2.25. The molecule has 0 spiro atoms. The van der Waals surface area contributed by atoms with Gasteiger partial charge in [0, 0.05) is 17.2 Å². The molecule has 0 atom stereocenters. The van der Waals surface area contributed by atoms with Gasteiger partial charge in [-0.3, -0.25) is 9.59 Å². The Morgan fingerprint density at radius 1 is 0.943 bits per heavy atom. The van der Waals surface area contributed by atoms with E-state index >= 15 is 0 Å². The second-order valence-electron chi connectivity index (χ2n) is 7.87. The molecule has 0 amide bonds. The van der Waals surface area contributed by atoms with Crippen molar-refractivity contribution in [3.8, 4) is 39.7 Å².